The van der Waals surface area contributed by atoms with Crippen molar-refractivity contribution in [3.05, 3.63) is 59.5 Å². The third-order valence-corrected chi connectivity index (χ3v) is 4.27. The molecule has 1 aromatic heterocycles. The fraction of sp³-hybridized carbons (Fsp3) is 0.333. The van der Waals surface area contributed by atoms with E-state index < -0.39 is 5.97 Å². The highest BCUT2D eigenvalue weighted by Crippen LogP contribution is 2.24. The van der Waals surface area contributed by atoms with Crippen molar-refractivity contribution in [3.8, 4) is 0 Å². The van der Waals surface area contributed by atoms with Crippen LogP contribution in [0.4, 0.5) is 0 Å². The van der Waals surface area contributed by atoms with Crippen LogP contribution in [0.5, 0.6) is 0 Å². The van der Waals surface area contributed by atoms with Gasteiger partial charge in [0.2, 0.25) is 5.76 Å². The summed E-state index contributed by atoms with van der Waals surface area (Å²) < 4.78 is 5.14. The lowest BCUT2D eigenvalue weighted by molar-refractivity contribution is 0.0644. The molecule has 0 saturated carbocycles. The van der Waals surface area contributed by atoms with Crippen LogP contribution in [0.1, 0.15) is 45.9 Å². The number of nitrogens with zero attached hydrogens (tertiary/aromatic N) is 1. The topological polar surface area (TPSA) is 70.8 Å². The number of carboxylic acid groups (broad SMARTS) is 1. The van der Waals surface area contributed by atoms with E-state index in [9.17, 15) is 9.59 Å². The summed E-state index contributed by atoms with van der Waals surface area (Å²) in [5.74, 6) is -1.47. The Morgan fingerprint density at radius 2 is 1.87 bits per heavy atom. The first kappa shape index (κ1) is 15.3. The van der Waals surface area contributed by atoms with E-state index in [-0.39, 0.29) is 23.5 Å². The Balaban J connectivity index is 1.65. The highest BCUT2D eigenvalue weighted by Gasteiger charge is 2.31. The van der Waals surface area contributed by atoms with Crippen molar-refractivity contribution in [2.24, 2.45) is 0 Å². The van der Waals surface area contributed by atoms with E-state index in [1.807, 2.05) is 23.1 Å². The number of likely N-dealkylation sites (tertiary alicyclic amines) is 1. The number of carboxylic acids is 1. The number of rotatable bonds is 5. The number of hydrogen-bond acceptors (Lipinski definition) is 3. The molecule has 0 unspecified atom stereocenters. The van der Waals surface area contributed by atoms with E-state index in [0.29, 0.717) is 6.54 Å². The third-order valence-electron chi connectivity index (χ3n) is 4.27. The zero-order chi connectivity index (χ0) is 16.2. The summed E-state index contributed by atoms with van der Waals surface area (Å²) in [6.07, 6.45) is 3.78. The second-order valence-corrected chi connectivity index (χ2v) is 5.79. The molecule has 1 aliphatic heterocycles. The van der Waals surface area contributed by atoms with Crippen molar-refractivity contribution in [3.63, 3.8) is 0 Å². The summed E-state index contributed by atoms with van der Waals surface area (Å²) in [6.45, 7) is 0.696. The number of furan rings is 1. The number of hydrogen-bond donors (Lipinski definition) is 1. The normalized spacial score (nSPS) is 17.4. The van der Waals surface area contributed by atoms with E-state index in [2.05, 4.69) is 12.1 Å². The van der Waals surface area contributed by atoms with Crippen LogP contribution in [0.3, 0.4) is 0 Å². The molecule has 0 spiro atoms. The Labute approximate surface area is 134 Å². The summed E-state index contributed by atoms with van der Waals surface area (Å²) in [4.78, 5) is 25.2. The fourth-order valence-electron chi connectivity index (χ4n) is 3.09. The number of benzene rings is 1. The SMILES string of the molecule is O=C(O)c1ccc(C(=O)N2CCC[C@@H]2CCc2ccccc2)o1. The first-order valence-corrected chi connectivity index (χ1v) is 7.83. The first-order valence-electron chi connectivity index (χ1n) is 7.83. The molecule has 1 amide bonds. The zero-order valence-electron chi connectivity index (χ0n) is 12.8. The van der Waals surface area contributed by atoms with Crippen molar-refractivity contribution in [2.75, 3.05) is 6.54 Å². The van der Waals surface area contributed by atoms with Gasteiger partial charge in [-0.2, -0.15) is 0 Å². The Hall–Kier alpha value is -2.56. The maximum atomic E-state index is 12.5. The van der Waals surface area contributed by atoms with Gasteiger partial charge in [-0.1, -0.05) is 30.3 Å². The van der Waals surface area contributed by atoms with Crippen molar-refractivity contribution in [1.82, 2.24) is 4.90 Å². The summed E-state index contributed by atoms with van der Waals surface area (Å²) in [5.41, 5.74) is 1.26. The van der Waals surface area contributed by atoms with Gasteiger partial charge in [0, 0.05) is 12.6 Å². The second kappa shape index (κ2) is 6.69. The summed E-state index contributed by atoms with van der Waals surface area (Å²) >= 11 is 0. The Morgan fingerprint density at radius 3 is 2.57 bits per heavy atom. The number of carbonyl (C=O) groups excluding carboxylic acids is 1. The number of carbonyl (C=O) groups is 2. The largest absolute Gasteiger partial charge is 0.475 e. The van der Waals surface area contributed by atoms with Gasteiger partial charge < -0.3 is 14.4 Å². The number of aryl methyl sites for hydroxylation is 1. The molecule has 5 heteroatoms. The van der Waals surface area contributed by atoms with Gasteiger partial charge in [0.1, 0.15) is 0 Å². The van der Waals surface area contributed by atoms with Crippen LogP contribution < -0.4 is 0 Å². The van der Waals surface area contributed by atoms with Crippen LogP contribution in [-0.2, 0) is 6.42 Å². The van der Waals surface area contributed by atoms with Gasteiger partial charge in [-0.05, 0) is 43.4 Å². The van der Waals surface area contributed by atoms with E-state index in [4.69, 9.17) is 9.52 Å². The Kier molecular flexibility index (Phi) is 4.46. The van der Waals surface area contributed by atoms with Crippen molar-refractivity contribution < 1.29 is 19.1 Å². The molecule has 2 heterocycles. The summed E-state index contributed by atoms with van der Waals surface area (Å²) in [7, 11) is 0. The van der Waals surface area contributed by atoms with Gasteiger partial charge in [-0.15, -0.1) is 0 Å². The molecule has 1 fully saturated rings. The maximum Gasteiger partial charge on any atom is 0.371 e. The number of amides is 1. The third kappa shape index (κ3) is 3.44. The zero-order valence-corrected chi connectivity index (χ0v) is 12.8. The lowest BCUT2D eigenvalue weighted by Gasteiger charge is -2.23. The quantitative estimate of drug-likeness (QED) is 0.920. The number of aromatic carboxylic acids is 1. The standard InChI is InChI=1S/C18H19NO4/c20-17(15-10-11-16(23-15)18(21)22)19-12-4-7-14(19)9-8-13-5-2-1-3-6-13/h1-3,5-6,10-11,14H,4,7-9,12H2,(H,21,22)/t14-/m1/s1. The van der Waals surface area contributed by atoms with Crippen LogP contribution in [0.2, 0.25) is 0 Å². The van der Waals surface area contributed by atoms with E-state index >= 15 is 0 Å². The van der Waals surface area contributed by atoms with Crippen LogP contribution >= 0.6 is 0 Å². The summed E-state index contributed by atoms with van der Waals surface area (Å²) in [5, 5.41) is 8.89. The highest BCUT2D eigenvalue weighted by atomic mass is 16.4. The fourth-order valence-corrected chi connectivity index (χ4v) is 3.09. The van der Waals surface area contributed by atoms with Crippen LogP contribution in [0.25, 0.3) is 0 Å². The Morgan fingerprint density at radius 1 is 1.13 bits per heavy atom. The van der Waals surface area contributed by atoms with Crippen LogP contribution in [0.15, 0.2) is 46.9 Å². The molecular formula is C18H19NO4. The van der Waals surface area contributed by atoms with Gasteiger partial charge >= 0.3 is 5.97 Å². The van der Waals surface area contributed by atoms with Crippen LogP contribution in [-0.4, -0.2) is 34.5 Å². The maximum absolute atomic E-state index is 12.5. The molecule has 1 atom stereocenters. The van der Waals surface area contributed by atoms with Gasteiger partial charge in [-0.25, -0.2) is 4.79 Å². The molecule has 1 aromatic carbocycles. The van der Waals surface area contributed by atoms with E-state index in [0.717, 1.165) is 25.7 Å². The lowest BCUT2D eigenvalue weighted by atomic mass is 10.0. The average molecular weight is 313 g/mol. The monoisotopic (exact) mass is 313 g/mol. The molecule has 23 heavy (non-hydrogen) atoms. The van der Waals surface area contributed by atoms with E-state index in [1.54, 1.807) is 0 Å². The summed E-state index contributed by atoms with van der Waals surface area (Å²) in [6, 6.07) is 13.2. The lowest BCUT2D eigenvalue weighted by Crippen LogP contribution is -2.35. The van der Waals surface area contributed by atoms with E-state index in [1.165, 1.54) is 17.7 Å². The van der Waals surface area contributed by atoms with Crippen LogP contribution in [0, 0.1) is 0 Å². The molecule has 0 bridgehead atoms. The van der Waals surface area contributed by atoms with Gasteiger partial charge in [-0.3, -0.25) is 4.79 Å². The Bertz CT molecular complexity index is 692. The molecule has 5 nitrogen and oxygen atoms in total. The molecule has 3 rings (SSSR count). The van der Waals surface area contributed by atoms with Gasteiger partial charge in [0.05, 0.1) is 0 Å². The molecule has 120 valence electrons. The average Bonchev–Trinajstić information content (AvgIpc) is 3.22. The first-order chi connectivity index (χ1) is 11.1. The predicted molar refractivity (Wildman–Crippen MR) is 84.5 cm³/mol. The van der Waals surface area contributed by atoms with Crippen molar-refractivity contribution in [1.29, 1.82) is 0 Å². The molecule has 0 radical (unpaired) electrons. The molecule has 2 aromatic rings. The molecular weight excluding hydrogens is 294 g/mol. The smallest absolute Gasteiger partial charge is 0.371 e. The molecule has 1 saturated heterocycles. The molecule has 1 N–H and O–H groups in total. The van der Waals surface area contributed by atoms with Crippen molar-refractivity contribution in [2.45, 2.75) is 31.7 Å². The second-order valence-electron chi connectivity index (χ2n) is 5.79. The minimum atomic E-state index is -1.16. The van der Waals surface area contributed by atoms with Gasteiger partial charge in [0.15, 0.2) is 5.76 Å². The minimum absolute atomic E-state index is 0.106. The minimum Gasteiger partial charge on any atom is -0.475 e. The predicted octanol–water partition coefficient (Wildman–Crippen LogP) is 3.22. The van der Waals surface area contributed by atoms with Gasteiger partial charge in [0.25, 0.3) is 5.91 Å². The molecule has 1 aliphatic rings. The molecule has 0 aliphatic carbocycles. The highest BCUT2D eigenvalue weighted by molar-refractivity contribution is 5.93. The van der Waals surface area contributed by atoms with Crippen molar-refractivity contribution >= 4 is 11.9 Å².